The quantitative estimate of drug-likeness (QED) is 0.756. The second-order valence-corrected chi connectivity index (χ2v) is 5.59. The molecule has 110 valence electrons. The van der Waals surface area contributed by atoms with Crippen LogP contribution in [0.25, 0.3) is 0 Å². The molecule has 0 bridgehead atoms. The number of pyridine rings is 1. The number of anilines is 2. The van der Waals surface area contributed by atoms with Crippen LogP contribution < -0.4 is 11.1 Å². The molecule has 0 radical (unpaired) electrons. The number of nitrogens with zero attached hydrogens (tertiary/aromatic N) is 2. The molecule has 0 saturated carbocycles. The summed E-state index contributed by atoms with van der Waals surface area (Å²) in [5.74, 6) is 0.115. The summed E-state index contributed by atoms with van der Waals surface area (Å²) in [7, 11) is 0. The summed E-state index contributed by atoms with van der Waals surface area (Å²) in [4.78, 5) is 17.6. The molecule has 1 unspecified atom stereocenters. The van der Waals surface area contributed by atoms with Crippen molar-refractivity contribution in [3.8, 4) is 0 Å². The van der Waals surface area contributed by atoms with E-state index in [1.165, 1.54) is 12.3 Å². The lowest BCUT2D eigenvalue weighted by Gasteiger charge is -2.20. The highest BCUT2D eigenvalue weighted by molar-refractivity contribution is 5.94. The molecule has 1 atom stereocenters. The molecule has 1 aliphatic heterocycles. The SMILES string of the molecule is CC(C)N1CCC(CNc2cc(C(=O)O)c(N)cn2)C1. The van der Waals surface area contributed by atoms with Gasteiger partial charge in [0.1, 0.15) is 5.82 Å². The molecule has 0 aromatic carbocycles. The van der Waals surface area contributed by atoms with Crippen LogP contribution in [-0.4, -0.2) is 46.6 Å². The van der Waals surface area contributed by atoms with Gasteiger partial charge in [0, 0.05) is 19.1 Å². The average molecular weight is 278 g/mol. The Labute approximate surface area is 119 Å². The number of hydrogen-bond acceptors (Lipinski definition) is 5. The summed E-state index contributed by atoms with van der Waals surface area (Å²) in [6, 6.07) is 2.07. The first kappa shape index (κ1) is 14.6. The summed E-state index contributed by atoms with van der Waals surface area (Å²) in [6.07, 6.45) is 2.55. The van der Waals surface area contributed by atoms with Crippen molar-refractivity contribution in [3.05, 3.63) is 17.8 Å². The maximum absolute atomic E-state index is 11.0. The van der Waals surface area contributed by atoms with Crippen molar-refractivity contribution < 1.29 is 9.90 Å². The second-order valence-electron chi connectivity index (χ2n) is 5.59. The normalized spacial score (nSPS) is 19.4. The maximum Gasteiger partial charge on any atom is 0.337 e. The number of likely N-dealkylation sites (tertiary alicyclic amines) is 1. The van der Waals surface area contributed by atoms with Gasteiger partial charge in [0.05, 0.1) is 17.4 Å². The molecule has 6 heteroatoms. The third-order valence-corrected chi connectivity index (χ3v) is 3.78. The van der Waals surface area contributed by atoms with Crippen LogP contribution in [0.4, 0.5) is 11.5 Å². The summed E-state index contributed by atoms with van der Waals surface area (Å²) in [6.45, 7) is 7.41. The number of nitrogen functional groups attached to an aromatic ring is 1. The van der Waals surface area contributed by atoms with Gasteiger partial charge in [0.25, 0.3) is 0 Å². The molecule has 6 nitrogen and oxygen atoms in total. The van der Waals surface area contributed by atoms with Crippen LogP contribution in [0.1, 0.15) is 30.6 Å². The van der Waals surface area contributed by atoms with Crippen LogP contribution in [0.2, 0.25) is 0 Å². The number of carbonyl (C=O) groups is 1. The number of hydrogen-bond donors (Lipinski definition) is 3. The number of carboxylic acids is 1. The molecule has 1 fully saturated rings. The van der Waals surface area contributed by atoms with Crippen molar-refractivity contribution in [3.63, 3.8) is 0 Å². The predicted octanol–water partition coefficient (Wildman–Crippen LogP) is 1.50. The number of carboxylic acid groups (broad SMARTS) is 1. The minimum absolute atomic E-state index is 0.0951. The number of nitrogens with two attached hydrogens (primary N) is 1. The first-order valence-electron chi connectivity index (χ1n) is 6.94. The number of rotatable bonds is 5. The molecule has 0 aliphatic carbocycles. The minimum atomic E-state index is -1.03. The molecule has 1 saturated heterocycles. The van der Waals surface area contributed by atoms with Crippen molar-refractivity contribution in [1.29, 1.82) is 0 Å². The van der Waals surface area contributed by atoms with E-state index in [0.717, 1.165) is 26.1 Å². The van der Waals surface area contributed by atoms with Gasteiger partial charge >= 0.3 is 5.97 Å². The lowest BCUT2D eigenvalue weighted by molar-refractivity contribution is 0.0698. The van der Waals surface area contributed by atoms with Gasteiger partial charge in [-0.15, -0.1) is 0 Å². The zero-order valence-corrected chi connectivity index (χ0v) is 12.0. The van der Waals surface area contributed by atoms with E-state index in [4.69, 9.17) is 10.8 Å². The Morgan fingerprint density at radius 3 is 3.00 bits per heavy atom. The molecule has 0 amide bonds. The first-order chi connectivity index (χ1) is 9.47. The minimum Gasteiger partial charge on any atom is -0.478 e. The van der Waals surface area contributed by atoms with Gasteiger partial charge in [-0.1, -0.05) is 0 Å². The van der Waals surface area contributed by atoms with E-state index in [2.05, 4.69) is 29.0 Å². The van der Waals surface area contributed by atoms with E-state index >= 15 is 0 Å². The lowest BCUT2D eigenvalue weighted by Crippen LogP contribution is -2.29. The molecule has 1 aliphatic rings. The van der Waals surface area contributed by atoms with Gasteiger partial charge in [0.2, 0.25) is 0 Å². The monoisotopic (exact) mass is 278 g/mol. The van der Waals surface area contributed by atoms with E-state index < -0.39 is 5.97 Å². The molecule has 4 N–H and O–H groups in total. The molecule has 0 spiro atoms. The molecule has 2 heterocycles. The third-order valence-electron chi connectivity index (χ3n) is 3.78. The Kier molecular flexibility index (Phi) is 4.44. The highest BCUT2D eigenvalue weighted by atomic mass is 16.4. The van der Waals surface area contributed by atoms with Gasteiger partial charge < -0.3 is 21.1 Å². The van der Waals surface area contributed by atoms with Crippen LogP contribution in [-0.2, 0) is 0 Å². The summed E-state index contributed by atoms with van der Waals surface area (Å²) >= 11 is 0. The molecule has 20 heavy (non-hydrogen) atoms. The van der Waals surface area contributed by atoms with E-state index in [9.17, 15) is 4.79 Å². The van der Waals surface area contributed by atoms with E-state index in [1.807, 2.05) is 0 Å². The second kappa shape index (κ2) is 6.09. The van der Waals surface area contributed by atoms with Crippen LogP contribution >= 0.6 is 0 Å². The van der Waals surface area contributed by atoms with Crippen LogP contribution in [0.15, 0.2) is 12.3 Å². The molecule has 2 rings (SSSR count). The maximum atomic E-state index is 11.0. The Morgan fingerprint density at radius 2 is 2.40 bits per heavy atom. The van der Waals surface area contributed by atoms with Crippen LogP contribution in [0.5, 0.6) is 0 Å². The van der Waals surface area contributed by atoms with Gasteiger partial charge in [-0.25, -0.2) is 9.78 Å². The van der Waals surface area contributed by atoms with Gasteiger partial charge in [-0.2, -0.15) is 0 Å². The molecule has 1 aromatic heterocycles. The zero-order valence-electron chi connectivity index (χ0n) is 12.0. The third kappa shape index (κ3) is 3.39. The Hall–Kier alpha value is -1.82. The Bertz CT molecular complexity index is 490. The predicted molar refractivity (Wildman–Crippen MR) is 78.9 cm³/mol. The molecule has 1 aromatic rings. The fourth-order valence-electron chi connectivity index (χ4n) is 2.49. The van der Waals surface area contributed by atoms with Crippen LogP contribution in [0, 0.1) is 5.92 Å². The smallest absolute Gasteiger partial charge is 0.337 e. The molecular weight excluding hydrogens is 256 g/mol. The van der Waals surface area contributed by atoms with E-state index in [-0.39, 0.29) is 11.3 Å². The van der Waals surface area contributed by atoms with Crippen molar-refractivity contribution in [1.82, 2.24) is 9.88 Å². The average Bonchev–Trinajstić information content (AvgIpc) is 2.86. The van der Waals surface area contributed by atoms with Crippen LogP contribution in [0.3, 0.4) is 0 Å². The number of aromatic carboxylic acids is 1. The topological polar surface area (TPSA) is 91.5 Å². The van der Waals surface area contributed by atoms with Gasteiger partial charge in [-0.05, 0) is 38.8 Å². The largest absolute Gasteiger partial charge is 0.478 e. The summed E-state index contributed by atoms with van der Waals surface area (Å²) in [5, 5.41) is 12.2. The Balaban J connectivity index is 1.92. The van der Waals surface area contributed by atoms with Crippen molar-refractivity contribution in [2.75, 3.05) is 30.7 Å². The summed E-state index contributed by atoms with van der Waals surface area (Å²) < 4.78 is 0. The van der Waals surface area contributed by atoms with E-state index in [1.54, 1.807) is 0 Å². The van der Waals surface area contributed by atoms with E-state index in [0.29, 0.717) is 17.8 Å². The molecular formula is C14H22N4O2. The van der Waals surface area contributed by atoms with Gasteiger partial charge in [-0.3, -0.25) is 0 Å². The highest BCUT2D eigenvalue weighted by Crippen LogP contribution is 2.20. The van der Waals surface area contributed by atoms with Crippen molar-refractivity contribution in [2.45, 2.75) is 26.3 Å². The number of nitrogens with one attached hydrogen (secondary N) is 1. The van der Waals surface area contributed by atoms with Crippen molar-refractivity contribution >= 4 is 17.5 Å². The van der Waals surface area contributed by atoms with Crippen molar-refractivity contribution in [2.24, 2.45) is 5.92 Å². The van der Waals surface area contributed by atoms with Gasteiger partial charge in [0.15, 0.2) is 0 Å². The summed E-state index contributed by atoms with van der Waals surface area (Å²) in [5.41, 5.74) is 5.87. The fourth-order valence-corrected chi connectivity index (χ4v) is 2.49. The first-order valence-corrected chi connectivity index (χ1v) is 6.94. The Morgan fingerprint density at radius 1 is 1.65 bits per heavy atom. The standard InChI is InChI=1S/C14H22N4O2/c1-9(2)18-4-3-10(8-18)6-16-13-5-11(14(19)20)12(15)7-17-13/h5,7,9-10H,3-4,6,8,15H2,1-2H3,(H,16,17)(H,19,20). The zero-order chi connectivity index (χ0) is 14.7. The highest BCUT2D eigenvalue weighted by Gasteiger charge is 2.24. The lowest BCUT2D eigenvalue weighted by atomic mass is 10.1. The number of aromatic nitrogens is 1. The fraction of sp³-hybridized carbons (Fsp3) is 0.571.